The molecule has 1 aromatic carbocycles. The van der Waals surface area contributed by atoms with Crippen LogP contribution in [0.2, 0.25) is 0 Å². The third-order valence-corrected chi connectivity index (χ3v) is 4.55. The minimum Gasteiger partial charge on any atom is -0.504 e. The molecule has 0 radical (unpaired) electrons. The number of rotatable bonds is 3. The number of allylic oxidation sites excluding steroid dienone is 1. The summed E-state index contributed by atoms with van der Waals surface area (Å²) in [6, 6.07) is 5.25. The number of methoxy groups -OCH3 is 1. The molecule has 2 rings (SSSR count). The highest BCUT2D eigenvalue weighted by molar-refractivity contribution is 9.10. The molecular formula is C16H16BrN3O3. The highest BCUT2D eigenvalue weighted by Gasteiger charge is 2.37. The number of hydrogen-bond acceptors (Lipinski definition) is 5. The highest BCUT2D eigenvalue weighted by Crippen LogP contribution is 2.44. The van der Waals surface area contributed by atoms with Crippen molar-refractivity contribution in [3.8, 4) is 17.6 Å². The third-order valence-electron chi connectivity index (χ3n) is 3.87. The van der Waals surface area contributed by atoms with Gasteiger partial charge in [-0.2, -0.15) is 5.26 Å². The van der Waals surface area contributed by atoms with E-state index in [0.717, 1.165) is 0 Å². The second-order valence-electron chi connectivity index (χ2n) is 5.25. The van der Waals surface area contributed by atoms with E-state index in [9.17, 15) is 15.2 Å². The standard InChI is InChI=1S/C16H16BrN3O3/c1-7-10(6-18)15(14(16(19)22)8(2)20-7)9-4-12(21)13(23-3)5-11(9)17/h4-5,10,15,21H,1-3H3,(H2,19,22)/t10?,15-/m1/s1. The number of carbonyl (C=O) groups is 1. The summed E-state index contributed by atoms with van der Waals surface area (Å²) in [5.74, 6) is -1.68. The zero-order chi connectivity index (χ0) is 17.3. The normalized spacial score (nSPS) is 20.7. The summed E-state index contributed by atoms with van der Waals surface area (Å²) >= 11 is 3.42. The number of phenols is 1. The zero-order valence-corrected chi connectivity index (χ0v) is 14.5. The molecule has 1 aliphatic rings. The topological polar surface area (TPSA) is 109 Å². The number of benzene rings is 1. The van der Waals surface area contributed by atoms with Crippen molar-refractivity contribution in [2.75, 3.05) is 7.11 Å². The number of halogens is 1. The lowest BCUT2D eigenvalue weighted by molar-refractivity contribution is -0.115. The number of hydrogen-bond donors (Lipinski definition) is 2. The second kappa shape index (κ2) is 6.42. The molecule has 1 heterocycles. The Morgan fingerprint density at radius 2 is 2.13 bits per heavy atom. The first-order valence-electron chi connectivity index (χ1n) is 6.83. The van der Waals surface area contributed by atoms with Crippen molar-refractivity contribution in [3.63, 3.8) is 0 Å². The van der Waals surface area contributed by atoms with Crippen LogP contribution in [0.1, 0.15) is 25.3 Å². The molecule has 1 aromatic rings. The Hall–Kier alpha value is -2.33. The molecule has 7 heteroatoms. The summed E-state index contributed by atoms with van der Waals surface area (Å²) in [7, 11) is 1.44. The van der Waals surface area contributed by atoms with Crippen LogP contribution in [-0.2, 0) is 4.79 Å². The van der Waals surface area contributed by atoms with Crippen molar-refractivity contribution >= 4 is 27.5 Å². The fourth-order valence-corrected chi connectivity index (χ4v) is 3.39. The number of carbonyl (C=O) groups excluding carboxylic acids is 1. The number of nitriles is 1. The molecular weight excluding hydrogens is 362 g/mol. The fourth-order valence-electron chi connectivity index (χ4n) is 2.82. The maximum atomic E-state index is 11.9. The number of nitrogens with zero attached hydrogens (tertiary/aromatic N) is 2. The molecule has 1 aliphatic heterocycles. The summed E-state index contributed by atoms with van der Waals surface area (Å²) in [6.45, 7) is 3.42. The van der Waals surface area contributed by atoms with Crippen molar-refractivity contribution in [1.29, 1.82) is 5.26 Å². The van der Waals surface area contributed by atoms with Gasteiger partial charge in [-0.25, -0.2) is 0 Å². The Bertz CT molecular complexity index is 778. The van der Waals surface area contributed by atoms with E-state index >= 15 is 0 Å². The first-order chi connectivity index (χ1) is 10.8. The highest BCUT2D eigenvalue weighted by atomic mass is 79.9. The largest absolute Gasteiger partial charge is 0.504 e. The van der Waals surface area contributed by atoms with Crippen LogP contribution in [0.15, 0.2) is 32.9 Å². The van der Waals surface area contributed by atoms with Gasteiger partial charge in [-0.05, 0) is 31.5 Å². The zero-order valence-electron chi connectivity index (χ0n) is 12.9. The van der Waals surface area contributed by atoms with Crippen LogP contribution in [-0.4, -0.2) is 23.8 Å². The molecule has 0 saturated carbocycles. The molecule has 0 bridgehead atoms. The van der Waals surface area contributed by atoms with Crippen LogP contribution >= 0.6 is 15.9 Å². The fraction of sp³-hybridized carbons (Fsp3) is 0.312. The van der Waals surface area contributed by atoms with Gasteiger partial charge in [-0.1, -0.05) is 15.9 Å². The summed E-state index contributed by atoms with van der Waals surface area (Å²) < 4.78 is 5.68. The lowest BCUT2D eigenvalue weighted by atomic mass is 9.76. The van der Waals surface area contributed by atoms with Gasteiger partial charge in [-0.3, -0.25) is 9.79 Å². The van der Waals surface area contributed by atoms with Crippen LogP contribution < -0.4 is 10.5 Å². The maximum Gasteiger partial charge on any atom is 0.247 e. The van der Waals surface area contributed by atoms with Gasteiger partial charge in [0.2, 0.25) is 5.91 Å². The Labute approximate surface area is 142 Å². The van der Waals surface area contributed by atoms with Crippen LogP contribution in [0.3, 0.4) is 0 Å². The van der Waals surface area contributed by atoms with Gasteiger partial charge in [0.25, 0.3) is 0 Å². The van der Waals surface area contributed by atoms with Crippen molar-refractivity contribution in [3.05, 3.63) is 33.4 Å². The van der Waals surface area contributed by atoms with Gasteiger partial charge < -0.3 is 15.6 Å². The lowest BCUT2D eigenvalue weighted by Crippen LogP contribution is -2.31. The van der Waals surface area contributed by atoms with Gasteiger partial charge >= 0.3 is 0 Å². The number of amides is 1. The van der Waals surface area contributed by atoms with E-state index in [1.165, 1.54) is 13.2 Å². The number of primary amides is 1. The van der Waals surface area contributed by atoms with E-state index in [2.05, 4.69) is 27.0 Å². The maximum absolute atomic E-state index is 11.9. The van der Waals surface area contributed by atoms with Gasteiger partial charge in [0.05, 0.1) is 19.1 Å². The minimum absolute atomic E-state index is 0.0796. The monoisotopic (exact) mass is 377 g/mol. The van der Waals surface area contributed by atoms with E-state index in [4.69, 9.17) is 10.5 Å². The van der Waals surface area contributed by atoms with E-state index in [1.807, 2.05) is 0 Å². The van der Waals surface area contributed by atoms with E-state index in [0.29, 0.717) is 21.4 Å². The smallest absolute Gasteiger partial charge is 0.247 e. The molecule has 1 unspecified atom stereocenters. The average molecular weight is 378 g/mol. The minimum atomic E-state index is -0.648. The summed E-state index contributed by atoms with van der Waals surface area (Å²) in [6.07, 6.45) is 0. The van der Waals surface area contributed by atoms with Crippen molar-refractivity contribution in [2.45, 2.75) is 19.8 Å². The lowest BCUT2D eigenvalue weighted by Gasteiger charge is -2.29. The number of aliphatic imine (C=N–C) groups is 1. The van der Waals surface area contributed by atoms with Gasteiger partial charge in [-0.15, -0.1) is 0 Å². The summed E-state index contributed by atoms with van der Waals surface area (Å²) in [4.78, 5) is 16.2. The van der Waals surface area contributed by atoms with Crippen molar-refractivity contribution in [1.82, 2.24) is 0 Å². The molecule has 0 spiro atoms. The Balaban J connectivity index is 2.72. The first kappa shape index (κ1) is 17.0. The van der Waals surface area contributed by atoms with Crippen LogP contribution in [0, 0.1) is 17.2 Å². The molecule has 2 atom stereocenters. The van der Waals surface area contributed by atoms with Crippen LogP contribution in [0.5, 0.6) is 11.5 Å². The molecule has 120 valence electrons. The molecule has 23 heavy (non-hydrogen) atoms. The van der Waals surface area contributed by atoms with Crippen LogP contribution in [0.25, 0.3) is 0 Å². The van der Waals surface area contributed by atoms with Crippen LogP contribution in [0.4, 0.5) is 0 Å². The number of ether oxygens (including phenoxy) is 1. The average Bonchev–Trinajstić information content (AvgIpc) is 2.48. The summed E-state index contributed by atoms with van der Waals surface area (Å²) in [5, 5.41) is 19.6. The molecule has 0 saturated heterocycles. The quantitative estimate of drug-likeness (QED) is 0.843. The molecule has 6 nitrogen and oxygen atoms in total. The number of phenolic OH excluding ortho intramolecular Hbond substituents is 1. The molecule has 0 aliphatic carbocycles. The molecule has 3 N–H and O–H groups in total. The Kier molecular flexibility index (Phi) is 4.76. The van der Waals surface area contributed by atoms with E-state index < -0.39 is 17.7 Å². The van der Waals surface area contributed by atoms with E-state index in [1.54, 1.807) is 19.9 Å². The first-order valence-corrected chi connectivity index (χ1v) is 7.62. The van der Waals surface area contributed by atoms with Crippen molar-refractivity contribution in [2.24, 2.45) is 16.6 Å². The molecule has 1 amide bonds. The second-order valence-corrected chi connectivity index (χ2v) is 6.10. The Morgan fingerprint density at radius 3 is 2.65 bits per heavy atom. The van der Waals surface area contributed by atoms with Crippen molar-refractivity contribution < 1.29 is 14.6 Å². The summed E-state index contributed by atoms with van der Waals surface area (Å²) in [5.41, 5.74) is 7.45. The van der Waals surface area contributed by atoms with Gasteiger partial charge in [0.1, 0.15) is 0 Å². The Morgan fingerprint density at radius 1 is 1.48 bits per heavy atom. The van der Waals surface area contributed by atoms with E-state index in [-0.39, 0.29) is 17.1 Å². The SMILES string of the molecule is COc1cc(Br)c([C@H]2C(C(N)=O)=C(C)N=C(C)C2C#N)cc1O. The number of nitrogens with two attached hydrogens (primary N) is 1. The van der Waals surface area contributed by atoms with Gasteiger partial charge in [0.15, 0.2) is 11.5 Å². The molecule has 0 aromatic heterocycles. The number of aromatic hydroxyl groups is 1. The third kappa shape index (κ3) is 2.94. The molecule has 0 fully saturated rings. The predicted molar refractivity (Wildman–Crippen MR) is 89.2 cm³/mol. The predicted octanol–water partition coefficient (Wildman–Crippen LogP) is 2.62. The van der Waals surface area contributed by atoms with Gasteiger partial charge in [0, 0.05) is 27.4 Å².